The number of fused-ring (bicyclic) bond motifs is 1. The van der Waals surface area contributed by atoms with Gasteiger partial charge in [-0.05, 0) is 35.2 Å². The average Bonchev–Trinajstić information content (AvgIpc) is 2.87. The number of hydrogen-bond acceptors (Lipinski definition) is 4. The Hall–Kier alpha value is -2.07. The van der Waals surface area contributed by atoms with Crippen LogP contribution in [0.1, 0.15) is 30.9 Å². The number of nitrogen functional groups attached to an aromatic ring is 1. The zero-order valence-electron chi connectivity index (χ0n) is 12.3. The lowest BCUT2D eigenvalue weighted by atomic mass is 10.0. The highest BCUT2D eigenvalue weighted by Gasteiger charge is 2.04. The summed E-state index contributed by atoms with van der Waals surface area (Å²) in [5, 5.41) is 4.32. The summed E-state index contributed by atoms with van der Waals surface area (Å²) in [5.74, 6) is 0.571. The highest BCUT2D eigenvalue weighted by molar-refractivity contribution is 7.22. The summed E-state index contributed by atoms with van der Waals surface area (Å²) in [4.78, 5) is 4.57. The van der Waals surface area contributed by atoms with Crippen LogP contribution in [-0.2, 0) is 6.54 Å². The largest absolute Gasteiger partial charge is 0.399 e. The normalized spacial score (nSPS) is 11.2. The molecule has 0 fully saturated rings. The fourth-order valence-electron chi connectivity index (χ4n) is 2.21. The van der Waals surface area contributed by atoms with E-state index in [2.05, 4.69) is 48.4 Å². The Balaban J connectivity index is 1.71. The summed E-state index contributed by atoms with van der Waals surface area (Å²) < 4.78 is 1.12. The van der Waals surface area contributed by atoms with Crippen molar-refractivity contribution >= 4 is 32.4 Å². The van der Waals surface area contributed by atoms with Crippen LogP contribution in [0, 0.1) is 0 Å². The van der Waals surface area contributed by atoms with E-state index in [0.29, 0.717) is 5.92 Å². The molecule has 108 valence electrons. The van der Waals surface area contributed by atoms with Crippen LogP contribution in [-0.4, -0.2) is 4.98 Å². The van der Waals surface area contributed by atoms with Crippen LogP contribution < -0.4 is 11.1 Å². The number of aromatic nitrogens is 1. The van der Waals surface area contributed by atoms with Crippen molar-refractivity contribution < 1.29 is 0 Å². The predicted octanol–water partition coefficient (Wildman–Crippen LogP) is 4.61. The van der Waals surface area contributed by atoms with Crippen LogP contribution in [0.2, 0.25) is 0 Å². The Morgan fingerprint density at radius 2 is 1.90 bits per heavy atom. The first-order chi connectivity index (χ1) is 10.1. The molecule has 0 bridgehead atoms. The van der Waals surface area contributed by atoms with E-state index in [1.165, 1.54) is 11.1 Å². The predicted molar refractivity (Wildman–Crippen MR) is 91.9 cm³/mol. The number of anilines is 2. The van der Waals surface area contributed by atoms with Gasteiger partial charge in [0, 0.05) is 12.2 Å². The first-order valence-electron chi connectivity index (χ1n) is 7.10. The highest BCUT2D eigenvalue weighted by atomic mass is 32.1. The molecule has 1 heterocycles. The van der Waals surface area contributed by atoms with E-state index in [-0.39, 0.29) is 0 Å². The van der Waals surface area contributed by atoms with Crippen LogP contribution in [0.15, 0.2) is 42.5 Å². The molecule has 3 N–H and O–H groups in total. The third-order valence-electron chi connectivity index (χ3n) is 3.50. The van der Waals surface area contributed by atoms with Gasteiger partial charge >= 0.3 is 0 Å². The molecule has 2 aromatic carbocycles. The molecule has 0 aliphatic heterocycles. The Labute approximate surface area is 128 Å². The van der Waals surface area contributed by atoms with Crippen molar-refractivity contribution in [2.75, 3.05) is 11.1 Å². The summed E-state index contributed by atoms with van der Waals surface area (Å²) in [5.41, 5.74) is 10.2. The van der Waals surface area contributed by atoms with E-state index in [0.717, 1.165) is 27.6 Å². The lowest BCUT2D eigenvalue weighted by Gasteiger charge is -2.07. The monoisotopic (exact) mass is 297 g/mol. The minimum absolute atomic E-state index is 0.571. The molecule has 3 aromatic rings. The van der Waals surface area contributed by atoms with E-state index in [1.54, 1.807) is 11.3 Å². The number of rotatable bonds is 4. The molecule has 3 nitrogen and oxygen atoms in total. The van der Waals surface area contributed by atoms with Gasteiger partial charge in [-0.1, -0.05) is 49.4 Å². The molecule has 0 atom stereocenters. The van der Waals surface area contributed by atoms with Crippen molar-refractivity contribution in [1.82, 2.24) is 4.98 Å². The molecule has 0 saturated heterocycles. The maximum Gasteiger partial charge on any atom is 0.184 e. The fourth-order valence-corrected chi connectivity index (χ4v) is 3.12. The second-order valence-corrected chi connectivity index (χ2v) is 6.53. The summed E-state index contributed by atoms with van der Waals surface area (Å²) in [6, 6.07) is 14.6. The van der Waals surface area contributed by atoms with Crippen molar-refractivity contribution in [2.24, 2.45) is 0 Å². The lowest BCUT2D eigenvalue weighted by molar-refractivity contribution is 0.865. The van der Waals surface area contributed by atoms with Crippen molar-refractivity contribution in [3.8, 4) is 0 Å². The van der Waals surface area contributed by atoms with Crippen LogP contribution in [0.4, 0.5) is 10.8 Å². The van der Waals surface area contributed by atoms with E-state index < -0.39 is 0 Å². The number of nitrogens with two attached hydrogens (primary N) is 1. The lowest BCUT2D eigenvalue weighted by Crippen LogP contribution is -1.99. The smallest absolute Gasteiger partial charge is 0.184 e. The maximum absolute atomic E-state index is 5.80. The van der Waals surface area contributed by atoms with E-state index in [1.807, 2.05) is 18.2 Å². The molecular weight excluding hydrogens is 278 g/mol. The van der Waals surface area contributed by atoms with Gasteiger partial charge in [0.1, 0.15) is 0 Å². The summed E-state index contributed by atoms with van der Waals surface area (Å²) in [6.07, 6.45) is 0. The minimum Gasteiger partial charge on any atom is -0.399 e. The van der Waals surface area contributed by atoms with Crippen molar-refractivity contribution in [3.63, 3.8) is 0 Å². The minimum atomic E-state index is 0.571. The number of benzene rings is 2. The highest BCUT2D eigenvalue weighted by Crippen LogP contribution is 2.27. The molecule has 21 heavy (non-hydrogen) atoms. The van der Waals surface area contributed by atoms with Gasteiger partial charge in [0.25, 0.3) is 0 Å². The van der Waals surface area contributed by atoms with Crippen molar-refractivity contribution in [2.45, 2.75) is 26.3 Å². The third kappa shape index (κ3) is 3.16. The van der Waals surface area contributed by atoms with Gasteiger partial charge in [-0.3, -0.25) is 0 Å². The van der Waals surface area contributed by atoms with Crippen molar-refractivity contribution in [1.29, 1.82) is 0 Å². The van der Waals surface area contributed by atoms with Gasteiger partial charge < -0.3 is 11.1 Å². The van der Waals surface area contributed by atoms with Gasteiger partial charge in [-0.25, -0.2) is 4.98 Å². The van der Waals surface area contributed by atoms with Gasteiger partial charge in [0.05, 0.1) is 10.2 Å². The van der Waals surface area contributed by atoms with Gasteiger partial charge in [0.2, 0.25) is 0 Å². The Bertz CT molecular complexity index is 744. The zero-order valence-corrected chi connectivity index (χ0v) is 13.1. The molecule has 3 rings (SSSR count). The van der Waals surface area contributed by atoms with E-state index >= 15 is 0 Å². The van der Waals surface area contributed by atoms with Crippen LogP contribution in [0.5, 0.6) is 0 Å². The number of hydrogen-bond donors (Lipinski definition) is 2. The van der Waals surface area contributed by atoms with Crippen LogP contribution >= 0.6 is 11.3 Å². The number of nitrogens with zero attached hydrogens (tertiary/aromatic N) is 1. The maximum atomic E-state index is 5.80. The van der Waals surface area contributed by atoms with Crippen LogP contribution in [0.3, 0.4) is 0 Å². The molecule has 0 amide bonds. The second-order valence-electron chi connectivity index (χ2n) is 5.50. The van der Waals surface area contributed by atoms with E-state index in [9.17, 15) is 0 Å². The van der Waals surface area contributed by atoms with Crippen LogP contribution in [0.25, 0.3) is 10.2 Å². The summed E-state index contributed by atoms with van der Waals surface area (Å²) >= 11 is 1.64. The standard InChI is InChI=1S/C17H19N3S/c1-11(2)13-5-3-12(4-6-13)10-19-17-20-15-8-7-14(18)9-16(15)21-17/h3-9,11H,10,18H2,1-2H3,(H,19,20). The second kappa shape index (κ2) is 5.74. The first kappa shape index (κ1) is 13.9. The summed E-state index contributed by atoms with van der Waals surface area (Å²) in [6.45, 7) is 5.20. The molecular formula is C17H19N3S. The average molecular weight is 297 g/mol. The Kier molecular flexibility index (Phi) is 3.80. The number of thiazole rings is 1. The SMILES string of the molecule is CC(C)c1ccc(CNc2nc3ccc(N)cc3s2)cc1. The van der Waals surface area contributed by atoms with Gasteiger partial charge in [-0.2, -0.15) is 0 Å². The molecule has 0 radical (unpaired) electrons. The van der Waals surface area contributed by atoms with Gasteiger partial charge in [-0.15, -0.1) is 0 Å². The topological polar surface area (TPSA) is 50.9 Å². The van der Waals surface area contributed by atoms with Crippen molar-refractivity contribution in [3.05, 3.63) is 53.6 Å². The molecule has 0 unspecified atom stereocenters. The molecule has 1 aromatic heterocycles. The molecule has 0 saturated carbocycles. The fraction of sp³-hybridized carbons (Fsp3) is 0.235. The quantitative estimate of drug-likeness (QED) is 0.691. The Morgan fingerprint density at radius 1 is 1.14 bits per heavy atom. The summed E-state index contributed by atoms with van der Waals surface area (Å²) in [7, 11) is 0. The molecule has 0 aliphatic carbocycles. The Morgan fingerprint density at radius 3 is 2.62 bits per heavy atom. The molecule has 4 heteroatoms. The van der Waals surface area contributed by atoms with E-state index in [4.69, 9.17) is 5.73 Å². The van der Waals surface area contributed by atoms with Gasteiger partial charge in [0.15, 0.2) is 5.13 Å². The molecule has 0 spiro atoms. The molecule has 0 aliphatic rings. The first-order valence-corrected chi connectivity index (χ1v) is 7.92. The number of nitrogens with one attached hydrogen (secondary N) is 1. The zero-order chi connectivity index (χ0) is 14.8. The third-order valence-corrected chi connectivity index (χ3v) is 4.48.